The van der Waals surface area contributed by atoms with Crippen LogP contribution in [-0.4, -0.2) is 23.8 Å². The molecule has 2 aromatic rings. The second-order valence-electron chi connectivity index (χ2n) is 4.49. The normalized spacial score (nSPS) is 12.3. The minimum Gasteiger partial charge on any atom is -0.464 e. The topological polar surface area (TPSA) is 31.2 Å². The number of carbonyl (C=O) groups is 1. The molecule has 0 aliphatic rings. The van der Waals surface area contributed by atoms with Gasteiger partial charge in [0.05, 0.1) is 12.7 Å². The van der Waals surface area contributed by atoms with Crippen LogP contribution in [0.3, 0.4) is 0 Å². The maximum atomic E-state index is 13.6. The summed E-state index contributed by atoms with van der Waals surface area (Å²) >= 11 is 5.70. The Balaban J connectivity index is 2.68. The summed E-state index contributed by atoms with van der Waals surface area (Å²) in [5.41, 5.74) is -2.21. The second-order valence-corrected chi connectivity index (χ2v) is 4.92. The van der Waals surface area contributed by atoms with Gasteiger partial charge in [-0.2, -0.15) is 22.0 Å². The maximum absolute atomic E-state index is 13.6. The summed E-state index contributed by atoms with van der Waals surface area (Å²) in [5, 5.41) is 0.335. The number of ether oxygens (including phenoxy) is 1. The Labute approximate surface area is 132 Å². The number of aromatic nitrogens is 1. The number of hydrogen-bond acceptors (Lipinski definition) is 2. The zero-order valence-electron chi connectivity index (χ0n) is 11.5. The van der Waals surface area contributed by atoms with Crippen molar-refractivity contribution in [2.45, 2.75) is 12.1 Å². The first kappa shape index (κ1) is 17.3. The first-order chi connectivity index (χ1) is 10.6. The lowest BCUT2D eigenvalue weighted by Crippen LogP contribution is -2.35. The molecule has 1 aromatic carbocycles. The fourth-order valence-corrected chi connectivity index (χ4v) is 2.09. The fraction of sp³-hybridized carbons (Fsp3) is 0.214. The van der Waals surface area contributed by atoms with Gasteiger partial charge in [-0.25, -0.2) is 4.79 Å². The molecule has 124 valence electrons. The average molecular weight is 354 g/mol. The number of rotatable bonds is 3. The molecule has 0 saturated carbocycles. The predicted molar refractivity (Wildman–Crippen MR) is 72.1 cm³/mol. The average Bonchev–Trinajstić information content (AvgIpc) is 2.91. The minimum absolute atomic E-state index is 0.180. The largest absolute Gasteiger partial charge is 0.464 e. The van der Waals surface area contributed by atoms with E-state index in [9.17, 15) is 26.7 Å². The van der Waals surface area contributed by atoms with Crippen LogP contribution in [0.15, 0.2) is 36.5 Å². The number of alkyl halides is 5. The quantitative estimate of drug-likeness (QED) is 0.598. The van der Waals surface area contributed by atoms with Gasteiger partial charge < -0.3 is 9.30 Å². The van der Waals surface area contributed by atoms with Crippen molar-refractivity contribution >= 4 is 17.6 Å². The van der Waals surface area contributed by atoms with E-state index in [1.165, 1.54) is 24.3 Å². The van der Waals surface area contributed by atoms with E-state index >= 15 is 0 Å². The van der Waals surface area contributed by atoms with Gasteiger partial charge in [0.15, 0.2) is 0 Å². The molecule has 0 aliphatic carbocycles. The highest BCUT2D eigenvalue weighted by Gasteiger charge is 2.60. The standard InChI is InChI=1S/C14H9ClF5NO2/c1-23-12(22)11-10(13(16,17)14(18,19)20)6-7-21(11)9-4-2-8(15)3-5-9/h2-7H,1H3. The molecular formula is C14H9ClF5NO2. The van der Waals surface area contributed by atoms with E-state index in [0.29, 0.717) is 11.1 Å². The molecule has 0 fully saturated rings. The van der Waals surface area contributed by atoms with Crippen LogP contribution >= 0.6 is 11.6 Å². The van der Waals surface area contributed by atoms with Gasteiger partial charge in [-0.3, -0.25) is 0 Å². The van der Waals surface area contributed by atoms with Gasteiger partial charge >= 0.3 is 18.1 Å². The monoisotopic (exact) mass is 353 g/mol. The Morgan fingerprint density at radius 1 is 1.09 bits per heavy atom. The van der Waals surface area contributed by atoms with Crippen LogP contribution in [0.5, 0.6) is 0 Å². The maximum Gasteiger partial charge on any atom is 0.458 e. The van der Waals surface area contributed by atoms with Gasteiger partial charge in [-0.05, 0) is 30.3 Å². The Hall–Kier alpha value is -2.09. The summed E-state index contributed by atoms with van der Waals surface area (Å²) in [5.74, 6) is -6.52. The second kappa shape index (κ2) is 5.84. The van der Waals surface area contributed by atoms with Crippen LogP contribution in [0.4, 0.5) is 22.0 Å². The van der Waals surface area contributed by atoms with Gasteiger partial charge in [0.2, 0.25) is 0 Å². The predicted octanol–water partition coefficient (Wildman–Crippen LogP) is 4.57. The summed E-state index contributed by atoms with van der Waals surface area (Å²) in [6, 6.07) is 6.07. The number of methoxy groups -OCH3 is 1. The summed E-state index contributed by atoms with van der Waals surface area (Å²) in [6.07, 6.45) is -4.91. The van der Waals surface area contributed by atoms with Crippen LogP contribution in [0.1, 0.15) is 16.1 Å². The van der Waals surface area contributed by atoms with Crippen molar-refractivity contribution < 1.29 is 31.5 Å². The molecule has 0 aliphatic heterocycles. The molecule has 0 bridgehead atoms. The van der Waals surface area contributed by atoms with Crippen LogP contribution in [0.25, 0.3) is 5.69 Å². The van der Waals surface area contributed by atoms with Crippen LogP contribution in [0.2, 0.25) is 5.02 Å². The Kier molecular flexibility index (Phi) is 4.39. The van der Waals surface area contributed by atoms with Crippen LogP contribution < -0.4 is 0 Å². The molecule has 0 spiro atoms. The minimum atomic E-state index is -5.85. The van der Waals surface area contributed by atoms with Gasteiger partial charge in [-0.15, -0.1) is 0 Å². The first-order valence-electron chi connectivity index (χ1n) is 6.10. The van der Waals surface area contributed by atoms with Crippen molar-refractivity contribution in [3.63, 3.8) is 0 Å². The molecule has 1 aromatic heterocycles. The van der Waals surface area contributed by atoms with E-state index in [2.05, 4.69) is 4.74 Å². The molecule has 0 unspecified atom stereocenters. The molecule has 2 rings (SSSR count). The Morgan fingerprint density at radius 2 is 1.65 bits per heavy atom. The van der Waals surface area contributed by atoms with Crippen molar-refractivity contribution in [1.29, 1.82) is 0 Å². The lowest BCUT2D eigenvalue weighted by atomic mass is 10.1. The Morgan fingerprint density at radius 3 is 2.13 bits per heavy atom. The molecule has 0 amide bonds. The number of nitrogens with zero attached hydrogens (tertiary/aromatic N) is 1. The van der Waals surface area contributed by atoms with Crippen molar-refractivity contribution in [1.82, 2.24) is 4.57 Å². The number of benzene rings is 1. The molecule has 0 atom stereocenters. The highest BCUT2D eigenvalue weighted by molar-refractivity contribution is 6.30. The molecule has 9 heteroatoms. The number of halogens is 6. The van der Waals surface area contributed by atoms with Gasteiger partial charge in [0.25, 0.3) is 0 Å². The van der Waals surface area contributed by atoms with E-state index < -0.39 is 29.3 Å². The van der Waals surface area contributed by atoms with Crippen molar-refractivity contribution in [3.05, 3.63) is 52.8 Å². The molecule has 0 radical (unpaired) electrons. The van der Waals surface area contributed by atoms with Gasteiger partial charge in [0, 0.05) is 16.9 Å². The Bertz CT molecular complexity index is 722. The van der Waals surface area contributed by atoms with Gasteiger partial charge in [0.1, 0.15) is 5.69 Å². The summed E-state index contributed by atoms with van der Waals surface area (Å²) in [6.45, 7) is 0. The van der Waals surface area contributed by atoms with E-state index in [1.807, 2.05) is 0 Å². The van der Waals surface area contributed by atoms with Crippen LogP contribution in [-0.2, 0) is 10.7 Å². The number of esters is 1. The highest BCUT2D eigenvalue weighted by atomic mass is 35.5. The van der Waals surface area contributed by atoms with E-state index in [-0.39, 0.29) is 5.69 Å². The third-order valence-electron chi connectivity index (χ3n) is 3.06. The molecular weight excluding hydrogens is 345 g/mol. The lowest BCUT2D eigenvalue weighted by molar-refractivity contribution is -0.289. The fourth-order valence-electron chi connectivity index (χ4n) is 1.96. The molecule has 0 saturated heterocycles. The van der Waals surface area contributed by atoms with Crippen molar-refractivity contribution in [3.8, 4) is 5.69 Å². The molecule has 23 heavy (non-hydrogen) atoms. The zero-order chi connectivity index (χ0) is 17.4. The molecule has 0 N–H and O–H groups in total. The number of hydrogen-bond donors (Lipinski definition) is 0. The molecule has 3 nitrogen and oxygen atoms in total. The summed E-state index contributed by atoms with van der Waals surface area (Å²) in [7, 11) is 0.886. The molecule has 1 heterocycles. The summed E-state index contributed by atoms with van der Waals surface area (Å²) < 4.78 is 70.3. The van der Waals surface area contributed by atoms with Crippen LogP contribution in [0, 0.1) is 0 Å². The highest BCUT2D eigenvalue weighted by Crippen LogP contribution is 2.45. The zero-order valence-corrected chi connectivity index (χ0v) is 12.3. The van der Waals surface area contributed by atoms with Crippen molar-refractivity contribution in [2.75, 3.05) is 7.11 Å². The first-order valence-corrected chi connectivity index (χ1v) is 6.48. The number of carbonyl (C=O) groups excluding carboxylic acids is 1. The SMILES string of the molecule is COC(=O)c1c(C(F)(F)C(F)(F)F)ccn1-c1ccc(Cl)cc1. The van der Waals surface area contributed by atoms with E-state index in [4.69, 9.17) is 11.6 Å². The van der Waals surface area contributed by atoms with E-state index in [1.54, 1.807) is 0 Å². The third-order valence-corrected chi connectivity index (χ3v) is 3.32. The lowest BCUT2D eigenvalue weighted by Gasteiger charge is -2.20. The van der Waals surface area contributed by atoms with E-state index in [0.717, 1.165) is 17.9 Å². The van der Waals surface area contributed by atoms with Crippen molar-refractivity contribution in [2.24, 2.45) is 0 Å². The third kappa shape index (κ3) is 3.03. The van der Waals surface area contributed by atoms with Gasteiger partial charge in [-0.1, -0.05) is 11.6 Å². The smallest absolute Gasteiger partial charge is 0.458 e. The summed E-state index contributed by atoms with van der Waals surface area (Å²) in [4.78, 5) is 11.8.